The van der Waals surface area contributed by atoms with E-state index in [1.54, 1.807) is 16.6 Å². The third kappa shape index (κ3) is 5.58. The zero-order valence-corrected chi connectivity index (χ0v) is 20.7. The van der Waals surface area contributed by atoms with Gasteiger partial charge in [0.05, 0.1) is 28.5 Å². The van der Waals surface area contributed by atoms with Crippen LogP contribution in [-0.2, 0) is 9.59 Å². The Morgan fingerprint density at radius 1 is 1.19 bits per heavy atom. The van der Waals surface area contributed by atoms with E-state index in [9.17, 15) is 9.59 Å². The Bertz CT molecular complexity index is 1370. The maximum Gasteiger partial charge on any atom is 0.246 e. The molecule has 2 heterocycles. The number of nitrogens with two attached hydrogens (primary N) is 2. The quantitative estimate of drug-likeness (QED) is 0.142. The summed E-state index contributed by atoms with van der Waals surface area (Å²) in [6.45, 7) is 4.56. The van der Waals surface area contributed by atoms with E-state index in [0.29, 0.717) is 24.9 Å². The number of likely N-dealkylation sites (tertiary alicyclic amines) is 1. The molecule has 1 fully saturated rings. The second-order valence-electron chi connectivity index (χ2n) is 8.61. The summed E-state index contributed by atoms with van der Waals surface area (Å²) in [6.07, 6.45) is 5.34. The average Bonchev–Trinajstić information content (AvgIpc) is 3.37. The Kier molecular flexibility index (Phi) is 7.77. The van der Waals surface area contributed by atoms with E-state index in [2.05, 4.69) is 27.2 Å². The predicted octanol–water partition coefficient (Wildman–Crippen LogP) is 2.00. The first-order chi connectivity index (χ1) is 17.9. The van der Waals surface area contributed by atoms with Crippen LogP contribution in [0.4, 0.5) is 0 Å². The van der Waals surface area contributed by atoms with Crippen molar-refractivity contribution in [2.75, 3.05) is 20.1 Å². The Morgan fingerprint density at radius 3 is 2.62 bits per heavy atom. The first-order valence-corrected chi connectivity index (χ1v) is 11.9. The fourth-order valence-electron chi connectivity index (χ4n) is 4.36. The van der Waals surface area contributed by atoms with Crippen molar-refractivity contribution in [3.63, 3.8) is 0 Å². The minimum atomic E-state index is -0.278. The molecule has 1 atom stereocenters. The Morgan fingerprint density at radius 2 is 1.95 bits per heavy atom. The average molecular weight is 499 g/mol. The van der Waals surface area contributed by atoms with Crippen LogP contribution in [0.3, 0.4) is 0 Å². The zero-order valence-electron chi connectivity index (χ0n) is 20.7. The summed E-state index contributed by atoms with van der Waals surface area (Å²) in [5.74, 6) is -0.132. The van der Waals surface area contributed by atoms with Gasteiger partial charge in [0, 0.05) is 31.7 Å². The third-order valence-electron chi connectivity index (χ3n) is 6.19. The number of aromatic nitrogens is 2. The summed E-state index contributed by atoms with van der Waals surface area (Å²) in [4.78, 5) is 30.6. The summed E-state index contributed by atoms with van der Waals surface area (Å²) in [5.41, 5.74) is 18.4. The molecular weight excluding hydrogens is 468 g/mol. The Hall–Kier alpha value is -4.73. The summed E-state index contributed by atoms with van der Waals surface area (Å²) in [6, 6.07) is 15.0. The largest absolute Gasteiger partial charge is 0.398 e. The highest BCUT2D eigenvalue weighted by Crippen LogP contribution is 2.21. The van der Waals surface area contributed by atoms with Gasteiger partial charge in [0.1, 0.15) is 5.71 Å². The van der Waals surface area contributed by atoms with Crippen molar-refractivity contribution in [3.05, 3.63) is 78.5 Å². The van der Waals surface area contributed by atoms with Crippen LogP contribution in [0, 0.1) is 0 Å². The van der Waals surface area contributed by atoms with Crippen LogP contribution in [0.1, 0.15) is 18.4 Å². The molecule has 2 aromatic carbocycles. The summed E-state index contributed by atoms with van der Waals surface area (Å²) in [7, 11) is 1.60. The van der Waals surface area contributed by atoms with Crippen LogP contribution in [-0.4, -0.2) is 64.6 Å². The number of amides is 1. The van der Waals surface area contributed by atoms with Gasteiger partial charge in [-0.1, -0.05) is 36.9 Å². The number of aldehydes is 1. The molecule has 190 valence electrons. The first kappa shape index (κ1) is 25.4. The summed E-state index contributed by atoms with van der Waals surface area (Å²) < 4.78 is 1.80. The van der Waals surface area contributed by atoms with Crippen molar-refractivity contribution < 1.29 is 9.59 Å². The van der Waals surface area contributed by atoms with E-state index in [-0.39, 0.29) is 34.8 Å². The number of rotatable bonds is 8. The molecular formula is C27H30N8O2. The number of benzene rings is 2. The molecule has 1 amide bonds. The van der Waals surface area contributed by atoms with Crippen molar-refractivity contribution in [1.82, 2.24) is 20.1 Å². The Labute approximate surface area is 215 Å². The van der Waals surface area contributed by atoms with E-state index in [1.807, 2.05) is 54.7 Å². The highest BCUT2D eigenvalue weighted by Gasteiger charge is 2.24. The van der Waals surface area contributed by atoms with E-state index < -0.39 is 0 Å². The molecule has 37 heavy (non-hydrogen) atoms. The second kappa shape index (κ2) is 11.3. The lowest BCUT2D eigenvalue weighted by molar-refractivity contribution is -0.127. The third-order valence-corrected chi connectivity index (χ3v) is 6.19. The van der Waals surface area contributed by atoms with Gasteiger partial charge in [0.2, 0.25) is 5.91 Å². The maximum atomic E-state index is 12.2. The van der Waals surface area contributed by atoms with Crippen molar-refractivity contribution in [3.8, 4) is 5.69 Å². The first-order valence-electron chi connectivity index (χ1n) is 11.9. The maximum absolute atomic E-state index is 12.2. The van der Waals surface area contributed by atoms with E-state index in [0.717, 1.165) is 29.4 Å². The normalized spacial score (nSPS) is 17.3. The lowest BCUT2D eigenvalue weighted by Crippen LogP contribution is -2.41. The molecule has 0 bridgehead atoms. The van der Waals surface area contributed by atoms with Crippen LogP contribution in [0.15, 0.2) is 83.0 Å². The summed E-state index contributed by atoms with van der Waals surface area (Å²) in [5, 5.41) is 9.69. The smallest absolute Gasteiger partial charge is 0.246 e. The molecule has 5 N–H and O–H groups in total. The number of fused-ring (bicyclic) bond motifs is 1. The number of hydrogen-bond donors (Lipinski definition) is 3. The molecule has 0 aliphatic carbocycles. The Balaban J connectivity index is 1.69. The van der Waals surface area contributed by atoms with Gasteiger partial charge in [0.25, 0.3) is 0 Å². The van der Waals surface area contributed by atoms with Crippen LogP contribution in [0.5, 0.6) is 0 Å². The second-order valence-corrected chi connectivity index (χ2v) is 8.61. The van der Waals surface area contributed by atoms with Crippen LogP contribution in [0.2, 0.25) is 0 Å². The molecule has 1 saturated heterocycles. The standard InChI is InChI=1S/C27H30N8O2/c1-3-24(37)34-14-6-8-20(16-34)31-23(17-36)25(27(29)32-30-2)26(28)18-10-12-21(13-11-18)35-15-19-7-4-5-9-22(19)33-35/h3-5,7,9-13,15,17,20,30H,1,6,8,14,16,28H2,2H3,(H2,29,32). The number of nitrogens with zero attached hydrogens (tertiary/aromatic N) is 5. The molecule has 1 aliphatic heterocycles. The topological polar surface area (TPSA) is 144 Å². The minimum Gasteiger partial charge on any atom is -0.398 e. The molecule has 1 unspecified atom stereocenters. The number of amidine groups is 1. The summed E-state index contributed by atoms with van der Waals surface area (Å²) >= 11 is 0. The number of hydrazone groups is 1. The van der Waals surface area contributed by atoms with E-state index in [4.69, 9.17) is 11.5 Å². The van der Waals surface area contributed by atoms with Crippen molar-refractivity contribution >= 4 is 40.3 Å². The van der Waals surface area contributed by atoms with Gasteiger partial charge in [-0.05, 0) is 42.7 Å². The molecule has 4 rings (SSSR count). The van der Waals surface area contributed by atoms with Crippen LogP contribution >= 0.6 is 0 Å². The van der Waals surface area contributed by atoms with Gasteiger partial charge in [0.15, 0.2) is 12.1 Å². The van der Waals surface area contributed by atoms with Gasteiger partial charge in [-0.3, -0.25) is 14.6 Å². The number of piperidine rings is 1. The highest BCUT2D eigenvalue weighted by atomic mass is 16.2. The van der Waals surface area contributed by atoms with Gasteiger partial charge in [-0.2, -0.15) is 10.2 Å². The minimum absolute atomic E-state index is 0.0306. The fourth-order valence-corrected chi connectivity index (χ4v) is 4.36. The number of nitrogens with one attached hydrogen (secondary N) is 1. The lowest BCUT2D eigenvalue weighted by atomic mass is 10.0. The number of aliphatic imine (C=N–C) groups is 1. The monoisotopic (exact) mass is 498 g/mol. The predicted molar refractivity (Wildman–Crippen MR) is 146 cm³/mol. The van der Waals surface area contributed by atoms with Crippen molar-refractivity contribution in [2.24, 2.45) is 21.6 Å². The fraction of sp³-hybridized carbons (Fsp3) is 0.222. The number of carbonyl (C=O) groups excluding carboxylic acids is 2. The van der Waals surface area contributed by atoms with E-state index in [1.165, 1.54) is 6.08 Å². The van der Waals surface area contributed by atoms with Gasteiger partial charge in [-0.25, -0.2) is 4.68 Å². The van der Waals surface area contributed by atoms with Crippen LogP contribution < -0.4 is 16.9 Å². The zero-order chi connectivity index (χ0) is 26.4. The van der Waals surface area contributed by atoms with E-state index >= 15 is 0 Å². The number of carbonyl (C=O) groups is 2. The number of hydrogen-bond acceptors (Lipinski definition) is 7. The molecule has 0 radical (unpaired) electrons. The molecule has 1 aromatic heterocycles. The van der Waals surface area contributed by atoms with Crippen molar-refractivity contribution in [2.45, 2.75) is 18.9 Å². The van der Waals surface area contributed by atoms with Gasteiger partial charge in [-0.15, -0.1) is 0 Å². The molecule has 10 nitrogen and oxygen atoms in total. The molecule has 0 spiro atoms. The molecule has 1 aliphatic rings. The van der Waals surface area contributed by atoms with Crippen molar-refractivity contribution in [1.29, 1.82) is 0 Å². The lowest BCUT2D eigenvalue weighted by Gasteiger charge is -2.30. The highest BCUT2D eigenvalue weighted by molar-refractivity contribution is 6.46. The van der Waals surface area contributed by atoms with Crippen LogP contribution in [0.25, 0.3) is 22.3 Å². The molecule has 0 saturated carbocycles. The molecule has 10 heteroatoms. The molecule has 3 aromatic rings. The SMILES string of the molecule is C=CC(=O)N1CCCC(N=C(C=O)C(=C(N)c2ccc(-n3cc4ccccc4n3)cc2)/C(N)=N\NC)C1. The van der Waals surface area contributed by atoms with Gasteiger partial charge < -0.3 is 21.8 Å². The van der Waals surface area contributed by atoms with Gasteiger partial charge >= 0.3 is 0 Å².